The minimum atomic E-state index is -0.491. The zero-order valence-corrected chi connectivity index (χ0v) is 6.62. The van der Waals surface area contributed by atoms with E-state index in [-0.39, 0.29) is 11.8 Å². The van der Waals surface area contributed by atoms with E-state index in [1.54, 1.807) is 0 Å². The Kier molecular flexibility index (Phi) is 2.88. The Morgan fingerprint density at radius 2 is 1.91 bits per heavy atom. The third-order valence-electron chi connectivity index (χ3n) is 2.34. The summed E-state index contributed by atoms with van der Waals surface area (Å²) in [5.74, 6) is -0.642. The van der Waals surface area contributed by atoms with E-state index in [9.17, 15) is 9.90 Å². The topological polar surface area (TPSA) is 63.3 Å². The quantitative estimate of drug-likeness (QED) is 0.541. The van der Waals surface area contributed by atoms with E-state index in [1.165, 1.54) is 0 Å². The molecule has 0 heterocycles. The summed E-state index contributed by atoms with van der Waals surface area (Å²) >= 11 is 0. The molecule has 1 rings (SSSR count). The molecule has 2 atom stereocenters. The Labute approximate surface area is 66.6 Å². The zero-order chi connectivity index (χ0) is 8.27. The van der Waals surface area contributed by atoms with Crippen molar-refractivity contribution in [2.45, 2.75) is 38.2 Å². The van der Waals surface area contributed by atoms with Gasteiger partial charge in [0.15, 0.2) is 0 Å². The summed E-state index contributed by atoms with van der Waals surface area (Å²) in [5.41, 5.74) is 5.13. The second kappa shape index (κ2) is 3.72. The van der Waals surface area contributed by atoms with E-state index in [4.69, 9.17) is 5.73 Å². The summed E-state index contributed by atoms with van der Waals surface area (Å²) in [6.45, 7) is 0. The predicted octanol–water partition coefficient (Wildman–Crippen LogP) is 0.413. The van der Waals surface area contributed by atoms with E-state index in [2.05, 4.69) is 0 Å². The molecule has 0 aromatic carbocycles. The van der Waals surface area contributed by atoms with E-state index >= 15 is 0 Å². The molecule has 1 aliphatic rings. The fourth-order valence-electron chi connectivity index (χ4n) is 1.62. The van der Waals surface area contributed by atoms with Gasteiger partial charge in [0.2, 0.25) is 5.91 Å². The molecule has 0 saturated heterocycles. The molecule has 0 radical (unpaired) electrons. The second-order valence-electron chi connectivity index (χ2n) is 3.21. The molecule has 3 heteroatoms. The summed E-state index contributed by atoms with van der Waals surface area (Å²) in [5, 5.41) is 9.42. The number of carbonyl (C=O) groups excluding carboxylic acids is 1. The number of primary amides is 1. The number of amides is 1. The fraction of sp³-hybridized carbons (Fsp3) is 0.875. The average Bonchev–Trinajstić information content (AvgIpc) is 2.13. The van der Waals surface area contributed by atoms with Crippen LogP contribution in [0.2, 0.25) is 0 Å². The van der Waals surface area contributed by atoms with Gasteiger partial charge in [-0.3, -0.25) is 4.79 Å². The number of aliphatic hydroxyl groups excluding tert-OH is 1. The van der Waals surface area contributed by atoms with Crippen LogP contribution in [0.4, 0.5) is 0 Å². The highest BCUT2D eigenvalue weighted by Crippen LogP contribution is 2.22. The van der Waals surface area contributed by atoms with Gasteiger partial charge in [0.05, 0.1) is 12.0 Å². The SMILES string of the molecule is NC(=O)[C@H]1CCCCC[C@@H]1O. The summed E-state index contributed by atoms with van der Waals surface area (Å²) < 4.78 is 0. The lowest BCUT2D eigenvalue weighted by Gasteiger charge is -2.15. The third-order valence-corrected chi connectivity index (χ3v) is 2.34. The van der Waals surface area contributed by atoms with Crippen LogP contribution in [0.3, 0.4) is 0 Å². The molecule has 0 spiro atoms. The van der Waals surface area contributed by atoms with Crippen LogP contribution in [0, 0.1) is 5.92 Å². The highest BCUT2D eigenvalue weighted by atomic mass is 16.3. The number of hydrogen-bond donors (Lipinski definition) is 2. The minimum Gasteiger partial charge on any atom is -0.392 e. The van der Waals surface area contributed by atoms with Crippen molar-refractivity contribution < 1.29 is 9.90 Å². The summed E-state index contributed by atoms with van der Waals surface area (Å²) in [4.78, 5) is 10.8. The number of hydrogen-bond acceptors (Lipinski definition) is 2. The maximum Gasteiger partial charge on any atom is 0.223 e. The van der Waals surface area contributed by atoms with Gasteiger partial charge in [-0.2, -0.15) is 0 Å². The largest absolute Gasteiger partial charge is 0.392 e. The molecule has 0 unspecified atom stereocenters. The molecule has 0 aromatic rings. The first-order valence-electron chi connectivity index (χ1n) is 4.19. The Balaban J connectivity index is 2.52. The molecule has 1 fully saturated rings. The molecule has 11 heavy (non-hydrogen) atoms. The highest BCUT2D eigenvalue weighted by molar-refractivity contribution is 5.77. The minimum absolute atomic E-state index is 0.294. The fourth-order valence-corrected chi connectivity index (χ4v) is 1.62. The summed E-state index contributed by atoms with van der Waals surface area (Å²) in [7, 11) is 0. The van der Waals surface area contributed by atoms with E-state index < -0.39 is 6.10 Å². The van der Waals surface area contributed by atoms with Gasteiger partial charge in [0.25, 0.3) is 0 Å². The van der Waals surface area contributed by atoms with Crippen molar-refractivity contribution >= 4 is 5.91 Å². The number of carbonyl (C=O) groups is 1. The number of aliphatic hydroxyl groups is 1. The maximum absolute atomic E-state index is 10.8. The van der Waals surface area contributed by atoms with E-state index in [0.29, 0.717) is 0 Å². The molecule has 3 N–H and O–H groups in total. The van der Waals surface area contributed by atoms with Gasteiger partial charge in [-0.05, 0) is 12.8 Å². The van der Waals surface area contributed by atoms with Gasteiger partial charge < -0.3 is 10.8 Å². The molecule has 3 nitrogen and oxygen atoms in total. The smallest absolute Gasteiger partial charge is 0.223 e. The van der Waals surface area contributed by atoms with Crippen LogP contribution < -0.4 is 5.73 Å². The van der Waals surface area contributed by atoms with Gasteiger partial charge in [-0.15, -0.1) is 0 Å². The van der Waals surface area contributed by atoms with Crippen LogP contribution in [0.5, 0.6) is 0 Å². The zero-order valence-electron chi connectivity index (χ0n) is 6.62. The Morgan fingerprint density at radius 3 is 2.55 bits per heavy atom. The lowest BCUT2D eigenvalue weighted by Crippen LogP contribution is -2.32. The summed E-state index contributed by atoms with van der Waals surface area (Å²) in [6.07, 6.45) is 4.15. The van der Waals surface area contributed by atoms with E-state index in [1.807, 2.05) is 0 Å². The third kappa shape index (κ3) is 2.19. The second-order valence-corrected chi connectivity index (χ2v) is 3.21. The molecule has 0 aromatic heterocycles. The highest BCUT2D eigenvalue weighted by Gasteiger charge is 2.25. The molecular formula is C8H15NO2. The standard InChI is InChI=1S/C8H15NO2/c9-8(11)6-4-2-1-3-5-7(6)10/h6-7,10H,1-5H2,(H2,9,11)/t6-,7-/m0/s1. The van der Waals surface area contributed by atoms with Crippen molar-refractivity contribution in [1.82, 2.24) is 0 Å². The first kappa shape index (κ1) is 8.53. The molecule has 0 aliphatic heterocycles. The van der Waals surface area contributed by atoms with Crippen LogP contribution in [0.15, 0.2) is 0 Å². The maximum atomic E-state index is 10.8. The van der Waals surface area contributed by atoms with Gasteiger partial charge >= 0.3 is 0 Å². The van der Waals surface area contributed by atoms with Crippen LogP contribution in [0.25, 0.3) is 0 Å². The van der Waals surface area contributed by atoms with Crippen molar-refractivity contribution in [2.75, 3.05) is 0 Å². The van der Waals surface area contributed by atoms with Crippen molar-refractivity contribution in [3.63, 3.8) is 0 Å². The van der Waals surface area contributed by atoms with Crippen LogP contribution in [0.1, 0.15) is 32.1 Å². The van der Waals surface area contributed by atoms with Gasteiger partial charge in [-0.25, -0.2) is 0 Å². The molecule has 1 aliphatic carbocycles. The van der Waals surface area contributed by atoms with Gasteiger partial charge in [-0.1, -0.05) is 19.3 Å². The van der Waals surface area contributed by atoms with Crippen molar-refractivity contribution in [3.8, 4) is 0 Å². The Morgan fingerprint density at radius 1 is 1.27 bits per heavy atom. The number of nitrogens with two attached hydrogens (primary N) is 1. The first-order chi connectivity index (χ1) is 5.22. The molecule has 1 saturated carbocycles. The molecular weight excluding hydrogens is 142 g/mol. The predicted molar refractivity (Wildman–Crippen MR) is 41.8 cm³/mol. The first-order valence-corrected chi connectivity index (χ1v) is 4.19. The van der Waals surface area contributed by atoms with Crippen LogP contribution in [-0.2, 0) is 4.79 Å². The lowest BCUT2D eigenvalue weighted by atomic mass is 9.97. The Hall–Kier alpha value is -0.570. The van der Waals surface area contributed by atoms with Gasteiger partial charge in [0, 0.05) is 0 Å². The van der Waals surface area contributed by atoms with Crippen LogP contribution >= 0.6 is 0 Å². The van der Waals surface area contributed by atoms with Gasteiger partial charge in [0.1, 0.15) is 0 Å². The monoisotopic (exact) mass is 157 g/mol. The van der Waals surface area contributed by atoms with Crippen molar-refractivity contribution in [2.24, 2.45) is 11.7 Å². The van der Waals surface area contributed by atoms with E-state index in [0.717, 1.165) is 32.1 Å². The molecule has 1 amide bonds. The van der Waals surface area contributed by atoms with Crippen LogP contribution in [-0.4, -0.2) is 17.1 Å². The van der Waals surface area contributed by atoms with Crippen molar-refractivity contribution in [1.29, 1.82) is 0 Å². The van der Waals surface area contributed by atoms with Crippen molar-refractivity contribution in [3.05, 3.63) is 0 Å². The average molecular weight is 157 g/mol. The normalized spacial score (nSPS) is 32.8. The summed E-state index contributed by atoms with van der Waals surface area (Å²) in [6, 6.07) is 0. The lowest BCUT2D eigenvalue weighted by molar-refractivity contribution is -0.125. The Bertz CT molecular complexity index is 147. The molecule has 0 bridgehead atoms. The number of rotatable bonds is 1. The molecule has 64 valence electrons.